The summed E-state index contributed by atoms with van der Waals surface area (Å²) >= 11 is 0. The van der Waals surface area contributed by atoms with E-state index < -0.39 is 0 Å². The Bertz CT molecular complexity index is 261. The number of nitrogens with zero attached hydrogens (tertiary/aromatic N) is 2. The average Bonchev–Trinajstić information content (AvgIpc) is 2.74. The van der Waals surface area contributed by atoms with Gasteiger partial charge in [-0.15, -0.1) is 0 Å². The highest BCUT2D eigenvalue weighted by atomic mass is 16.1. The molecule has 1 rings (SSSR count). The number of nitriles is 1. The summed E-state index contributed by atoms with van der Waals surface area (Å²) in [5.74, 6) is 0.551. The lowest BCUT2D eigenvalue weighted by Crippen LogP contribution is -2.36. The third-order valence-electron chi connectivity index (χ3n) is 2.90. The molecule has 0 saturated carbocycles. The molecule has 0 aromatic rings. The smallest absolute Gasteiger partial charge is 0.234 e. The van der Waals surface area contributed by atoms with Gasteiger partial charge in [-0.3, -0.25) is 4.79 Å². The number of carbonyl (C=O) groups excluding carboxylic acids is 1. The molecule has 0 spiro atoms. The monoisotopic (exact) mass is 224 g/mol. The second-order valence-electron chi connectivity index (χ2n) is 4.11. The summed E-state index contributed by atoms with van der Waals surface area (Å²) in [5, 5.41) is 13.9. The lowest BCUT2D eigenvalue weighted by atomic mass is 10.1. The van der Waals surface area contributed by atoms with Crippen molar-refractivity contribution >= 4 is 5.91 Å². The minimum absolute atomic E-state index is 0.0908. The molecule has 1 aliphatic rings. The van der Waals surface area contributed by atoms with Gasteiger partial charge in [0.25, 0.3) is 0 Å². The van der Waals surface area contributed by atoms with Crippen molar-refractivity contribution in [1.82, 2.24) is 15.5 Å². The van der Waals surface area contributed by atoms with E-state index in [9.17, 15) is 4.79 Å². The fourth-order valence-electron chi connectivity index (χ4n) is 1.96. The van der Waals surface area contributed by atoms with E-state index in [-0.39, 0.29) is 12.5 Å². The van der Waals surface area contributed by atoms with Crippen molar-refractivity contribution in [2.24, 2.45) is 5.92 Å². The minimum atomic E-state index is -0.105. The van der Waals surface area contributed by atoms with Crippen LogP contribution in [0.25, 0.3) is 0 Å². The highest BCUT2D eigenvalue weighted by Gasteiger charge is 2.20. The van der Waals surface area contributed by atoms with E-state index in [4.69, 9.17) is 5.26 Å². The van der Waals surface area contributed by atoms with Crippen LogP contribution in [0, 0.1) is 17.2 Å². The predicted octanol–water partition coefficient (Wildman–Crippen LogP) is -0.442. The largest absolute Gasteiger partial charge is 0.342 e. The molecule has 0 aromatic heterocycles. The standard InChI is InChI=1S/C11H20N4O/c1-2-15-6-3-10(9-15)7-13-8-11(16)14-5-4-12/h10,13H,2-3,5-9H2,1H3,(H,14,16). The van der Waals surface area contributed by atoms with Crippen LogP contribution >= 0.6 is 0 Å². The summed E-state index contributed by atoms with van der Waals surface area (Å²) in [4.78, 5) is 13.6. The van der Waals surface area contributed by atoms with Gasteiger partial charge in [-0.2, -0.15) is 5.26 Å². The van der Waals surface area contributed by atoms with Gasteiger partial charge in [-0.25, -0.2) is 0 Å². The van der Waals surface area contributed by atoms with Gasteiger partial charge in [0.15, 0.2) is 0 Å². The van der Waals surface area contributed by atoms with E-state index in [1.165, 1.54) is 13.0 Å². The van der Waals surface area contributed by atoms with E-state index >= 15 is 0 Å². The van der Waals surface area contributed by atoms with Crippen LogP contribution in [0.1, 0.15) is 13.3 Å². The summed E-state index contributed by atoms with van der Waals surface area (Å²) in [6, 6.07) is 1.88. The molecule has 1 atom stereocenters. The Hall–Kier alpha value is -1.12. The number of likely N-dealkylation sites (tertiary alicyclic amines) is 1. The van der Waals surface area contributed by atoms with Crippen LogP contribution < -0.4 is 10.6 Å². The number of nitrogens with one attached hydrogen (secondary N) is 2. The molecule has 5 nitrogen and oxygen atoms in total. The average molecular weight is 224 g/mol. The van der Waals surface area contributed by atoms with Crippen molar-refractivity contribution in [2.75, 3.05) is 39.3 Å². The molecule has 1 fully saturated rings. The number of hydrogen-bond donors (Lipinski definition) is 2. The lowest BCUT2D eigenvalue weighted by molar-refractivity contribution is -0.120. The number of hydrogen-bond acceptors (Lipinski definition) is 4. The quantitative estimate of drug-likeness (QED) is 0.600. The van der Waals surface area contributed by atoms with Crippen LogP contribution in [0.3, 0.4) is 0 Å². The number of rotatable bonds is 6. The molecule has 0 aliphatic carbocycles. The zero-order valence-corrected chi connectivity index (χ0v) is 9.83. The first kappa shape index (κ1) is 12.9. The molecule has 0 aromatic carbocycles. The summed E-state index contributed by atoms with van der Waals surface area (Å²) in [6.07, 6.45) is 1.21. The van der Waals surface area contributed by atoms with E-state index in [1.54, 1.807) is 0 Å². The fraction of sp³-hybridized carbons (Fsp3) is 0.818. The van der Waals surface area contributed by atoms with Crippen LogP contribution in [0.4, 0.5) is 0 Å². The Kier molecular flexibility index (Phi) is 5.83. The number of amides is 1. The first-order valence-corrected chi connectivity index (χ1v) is 5.83. The van der Waals surface area contributed by atoms with Gasteiger partial charge in [0.05, 0.1) is 12.6 Å². The molecule has 5 heteroatoms. The third kappa shape index (κ3) is 4.60. The van der Waals surface area contributed by atoms with Crippen LogP contribution in [-0.4, -0.2) is 50.1 Å². The van der Waals surface area contributed by atoms with Crippen molar-refractivity contribution in [3.63, 3.8) is 0 Å². The van der Waals surface area contributed by atoms with E-state index in [0.29, 0.717) is 12.5 Å². The maximum absolute atomic E-state index is 11.2. The summed E-state index contributed by atoms with van der Waals surface area (Å²) < 4.78 is 0. The van der Waals surface area contributed by atoms with Crippen molar-refractivity contribution < 1.29 is 4.79 Å². The highest BCUT2D eigenvalue weighted by Crippen LogP contribution is 2.14. The van der Waals surface area contributed by atoms with Gasteiger partial charge in [0.2, 0.25) is 5.91 Å². The van der Waals surface area contributed by atoms with Gasteiger partial charge in [-0.05, 0) is 32.0 Å². The molecule has 1 saturated heterocycles. The van der Waals surface area contributed by atoms with Gasteiger partial charge in [0.1, 0.15) is 6.54 Å². The second-order valence-corrected chi connectivity index (χ2v) is 4.11. The molecule has 1 amide bonds. The second kappa shape index (κ2) is 7.20. The fourth-order valence-corrected chi connectivity index (χ4v) is 1.96. The maximum Gasteiger partial charge on any atom is 0.234 e. The number of carbonyl (C=O) groups is 1. The van der Waals surface area contributed by atoms with Gasteiger partial charge in [0, 0.05) is 6.54 Å². The molecule has 0 bridgehead atoms. The molecule has 1 aliphatic heterocycles. The van der Waals surface area contributed by atoms with E-state index in [2.05, 4.69) is 22.5 Å². The first-order valence-electron chi connectivity index (χ1n) is 5.83. The van der Waals surface area contributed by atoms with Crippen molar-refractivity contribution in [3.8, 4) is 6.07 Å². The summed E-state index contributed by atoms with van der Waals surface area (Å²) in [6.45, 7) is 6.87. The normalized spacial score (nSPS) is 20.6. The topological polar surface area (TPSA) is 68.2 Å². The van der Waals surface area contributed by atoms with Gasteiger partial charge in [-0.1, -0.05) is 6.92 Å². The Morgan fingerprint density at radius 3 is 3.06 bits per heavy atom. The van der Waals surface area contributed by atoms with Crippen LogP contribution in [0.2, 0.25) is 0 Å². The highest BCUT2D eigenvalue weighted by molar-refractivity contribution is 5.78. The SMILES string of the molecule is CCN1CCC(CNCC(=O)NCC#N)C1. The van der Waals surface area contributed by atoms with Crippen molar-refractivity contribution in [2.45, 2.75) is 13.3 Å². The molecular formula is C11H20N4O. The lowest BCUT2D eigenvalue weighted by Gasteiger charge is -2.13. The third-order valence-corrected chi connectivity index (χ3v) is 2.90. The minimum Gasteiger partial charge on any atom is -0.342 e. The summed E-state index contributed by atoms with van der Waals surface area (Å²) in [5.41, 5.74) is 0. The Labute approximate surface area is 96.8 Å². The molecule has 1 heterocycles. The zero-order valence-electron chi connectivity index (χ0n) is 9.83. The van der Waals surface area contributed by atoms with E-state index in [0.717, 1.165) is 19.6 Å². The van der Waals surface area contributed by atoms with Crippen LogP contribution in [-0.2, 0) is 4.79 Å². The van der Waals surface area contributed by atoms with Crippen LogP contribution in [0.15, 0.2) is 0 Å². The molecule has 90 valence electrons. The zero-order chi connectivity index (χ0) is 11.8. The Morgan fingerprint density at radius 2 is 2.44 bits per heavy atom. The molecule has 0 radical (unpaired) electrons. The molecular weight excluding hydrogens is 204 g/mol. The van der Waals surface area contributed by atoms with Crippen molar-refractivity contribution in [3.05, 3.63) is 0 Å². The maximum atomic E-state index is 11.2. The predicted molar refractivity (Wildman–Crippen MR) is 61.7 cm³/mol. The molecule has 2 N–H and O–H groups in total. The van der Waals surface area contributed by atoms with Crippen LogP contribution in [0.5, 0.6) is 0 Å². The Morgan fingerprint density at radius 1 is 1.62 bits per heavy atom. The van der Waals surface area contributed by atoms with E-state index in [1.807, 2.05) is 6.07 Å². The molecule has 1 unspecified atom stereocenters. The summed E-state index contributed by atoms with van der Waals surface area (Å²) in [7, 11) is 0. The van der Waals surface area contributed by atoms with Gasteiger partial charge < -0.3 is 15.5 Å². The Balaban J connectivity index is 2.03. The van der Waals surface area contributed by atoms with Crippen molar-refractivity contribution in [1.29, 1.82) is 5.26 Å². The first-order chi connectivity index (χ1) is 7.76. The molecule has 16 heavy (non-hydrogen) atoms. The van der Waals surface area contributed by atoms with Gasteiger partial charge >= 0.3 is 0 Å².